The number of anilines is 1. The summed E-state index contributed by atoms with van der Waals surface area (Å²) in [7, 11) is 0. The molecule has 1 atom stereocenters. The Kier molecular flexibility index (Phi) is 7.99. The van der Waals surface area contributed by atoms with Crippen molar-refractivity contribution in [2.24, 2.45) is 0 Å². The van der Waals surface area contributed by atoms with Gasteiger partial charge in [-0.05, 0) is 65.3 Å². The maximum absolute atomic E-state index is 12.6. The molecule has 3 aromatic carbocycles. The van der Waals surface area contributed by atoms with Crippen molar-refractivity contribution in [3.05, 3.63) is 82.3 Å². The van der Waals surface area contributed by atoms with E-state index in [0.29, 0.717) is 39.9 Å². The zero-order valence-electron chi connectivity index (χ0n) is 16.3. The molecule has 7 heteroatoms. The van der Waals surface area contributed by atoms with Gasteiger partial charge in [-0.2, -0.15) is 0 Å². The number of rotatable bonds is 9. The zero-order valence-corrected chi connectivity index (χ0v) is 18.7. The molecule has 1 amide bonds. The summed E-state index contributed by atoms with van der Waals surface area (Å²) in [6, 6.07) is 21.9. The van der Waals surface area contributed by atoms with E-state index in [1.165, 1.54) is 0 Å². The first kappa shape index (κ1) is 22.0. The molecule has 0 saturated heterocycles. The van der Waals surface area contributed by atoms with Gasteiger partial charge in [-0.15, -0.1) is 0 Å². The van der Waals surface area contributed by atoms with Crippen molar-refractivity contribution in [3.63, 3.8) is 0 Å². The highest BCUT2D eigenvalue weighted by atomic mass is 79.9. The number of hydrogen-bond donors (Lipinski definition) is 1. The molecule has 0 aliphatic heterocycles. The summed E-state index contributed by atoms with van der Waals surface area (Å²) < 4.78 is 17.8. The van der Waals surface area contributed by atoms with Gasteiger partial charge in [-0.1, -0.05) is 41.9 Å². The molecule has 0 fully saturated rings. The van der Waals surface area contributed by atoms with E-state index < -0.39 is 6.10 Å². The number of ether oxygens (including phenoxy) is 3. The monoisotopic (exact) mass is 489 g/mol. The topological polar surface area (TPSA) is 56.8 Å². The SMILES string of the molecule is CC(Oc1ccc(Cl)cc1Br)C(=O)Nc1ccccc1OCCOc1ccccc1. The lowest BCUT2D eigenvalue weighted by Crippen LogP contribution is -2.30. The molecule has 0 bridgehead atoms. The second kappa shape index (κ2) is 10.9. The van der Waals surface area contributed by atoms with E-state index in [4.69, 9.17) is 25.8 Å². The molecule has 0 heterocycles. The highest BCUT2D eigenvalue weighted by Gasteiger charge is 2.18. The maximum atomic E-state index is 12.6. The Bertz CT molecular complexity index is 984. The predicted molar refractivity (Wildman–Crippen MR) is 122 cm³/mol. The molecule has 1 unspecified atom stereocenters. The second-order valence-electron chi connectivity index (χ2n) is 6.33. The van der Waals surface area contributed by atoms with Crippen LogP contribution in [0.4, 0.5) is 5.69 Å². The Balaban J connectivity index is 1.54. The fraction of sp³-hybridized carbons (Fsp3) is 0.174. The van der Waals surface area contributed by atoms with Crippen molar-refractivity contribution in [2.75, 3.05) is 18.5 Å². The van der Waals surface area contributed by atoms with Gasteiger partial charge in [0.05, 0.1) is 10.2 Å². The summed E-state index contributed by atoms with van der Waals surface area (Å²) >= 11 is 9.32. The average molecular weight is 491 g/mol. The van der Waals surface area contributed by atoms with Crippen LogP contribution in [0.15, 0.2) is 77.3 Å². The Morgan fingerprint density at radius 3 is 2.43 bits per heavy atom. The quantitative estimate of drug-likeness (QED) is 0.376. The molecule has 1 N–H and O–H groups in total. The number of para-hydroxylation sites is 3. The van der Waals surface area contributed by atoms with Crippen molar-refractivity contribution in [2.45, 2.75) is 13.0 Å². The third-order valence-electron chi connectivity index (χ3n) is 4.06. The highest BCUT2D eigenvalue weighted by Crippen LogP contribution is 2.29. The first-order valence-corrected chi connectivity index (χ1v) is 10.5. The van der Waals surface area contributed by atoms with Gasteiger partial charge in [-0.25, -0.2) is 0 Å². The molecule has 3 aromatic rings. The molecule has 0 aliphatic carbocycles. The van der Waals surface area contributed by atoms with Gasteiger partial charge in [0.15, 0.2) is 6.10 Å². The highest BCUT2D eigenvalue weighted by molar-refractivity contribution is 9.10. The Morgan fingerprint density at radius 1 is 0.967 bits per heavy atom. The summed E-state index contributed by atoms with van der Waals surface area (Å²) in [6.07, 6.45) is -0.725. The fourth-order valence-corrected chi connectivity index (χ4v) is 3.35. The van der Waals surface area contributed by atoms with E-state index >= 15 is 0 Å². The van der Waals surface area contributed by atoms with Crippen LogP contribution in [0, 0.1) is 0 Å². The van der Waals surface area contributed by atoms with E-state index in [0.717, 1.165) is 5.75 Å². The number of halogens is 2. The van der Waals surface area contributed by atoms with Gasteiger partial charge < -0.3 is 19.5 Å². The lowest BCUT2D eigenvalue weighted by molar-refractivity contribution is -0.122. The lowest BCUT2D eigenvalue weighted by Gasteiger charge is -2.17. The van der Waals surface area contributed by atoms with Crippen LogP contribution in [0.5, 0.6) is 17.2 Å². The summed E-state index contributed by atoms with van der Waals surface area (Å²) in [5, 5.41) is 3.43. The van der Waals surface area contributed by atoms with E-state index in [1.54, 1.807) is 37.3 Å². The van der Waals surface area contributed by atoms with Crippen molar-refractivity contribution >= 4 is 39.1 Å². The minimum absolute atomic E-state index is 0.298. The van der Waals surface area contributed by atoms with Crippen LogP contribution in [-0.4, -0.2) is 25.2 Å². The number of amides is 1. The largest absolute Gasteiger partial charge is 0.490 e. The van der Waals surface area contributed by atoms with Gasteiger partial charge in [-0.3, -0.25) is 4.79 Å². The van der Waals surface area contributed by atoms with E-state index in [1.807, 2.05) is 42.5 Å². The van der Waals surface area contributed by atoms with Crippen molar-refractivity contribution < 1.29 is 19.0 Å². The minimum atomic E-state index is -0.725. The third kappa shape index (κ3) is 6.40. The number of carbonyl (C=O) groups excluding carboxylic acids is 1. The number of carbonyl (C=O) groups is 1. The van der Waals surface area contributed by atoms with Crippen LogP contribution in [0.2, 0.25) is 5.02 Å². The first-order valence-electron chi connectivity index (χ1n) is 9.35. The van der Waals surface area contributed by atoms with Crippen LogP contribution in [-0.2, 0) is 4.79 Å². The molecule has 0 aliphatic rings. The molecule has 5 nitrogen and oxygen atoms in total. The molecule has 0 spiro atoms. The molecule has 0 aromatic heterocycles. The Morgan fingerprint density at radius 2 is 1.67 bits per heavy atom. The second-order valence-corrected chi connectivity index (χ2v) is 7.62. The van der Waals surface area contributed by atoms with Gasteiger partial charge in [0, 0.05) is 5.02 Å². The molecule has 3 rings (SSSR count). The summed E-state index contributed by atoms with van der Waals surface area (Å²) in [6.45, 7) is 2.40. The zero-order chi connectivity index (χ0) is 21.3. The van der Waals surface area contributed by atoms with Crippen LogP contribution < -0.4 is 19.5 Å². The number of benzene rings is 3. The van der Waals surface area contributed by atoms with E-state index in [2.05, 4.69) is 21.2 Å². The summed E-state index contributed by atoms with van der Waals surface area (Å²) in [5.41, 5.74) is 0.563. The van der Waals surface area contributed by atoms with Crippen LogP contribution in [0.3, 0.4) is 0 Å². The molecular weight excluding hydrogens is 470 g/mol. The minimum Gasteiger partial charge on any atom is -0.490 e. The van der Waals surface area contributed by atoms with Crippen molar-refractivity contribution in [1.82, 2.24) is 0 Å². The Labute approximate surface area is 189 Å². The lowest BCUT2D eigenvalue weighted by atomic mass is 10.2. The predicted octanol–water partition coefficient (Wildman–Crippen LogP) is 5.97. The molecular formula is C23H21BrClNO4. The van der Waals surface area contributed by atoms with Gasteiger partial charge >= 0.3 is 0 Å². The normalized spacial score (nSPS) is 11.4. The van der Waals surface area contributed by atoms with E-state index in [9.17, 15) is 4.79 Å². The maximum Gasteiger partial charge on any atom is 0.265 e. The van der Waals surface area contributed by atoms with Gasteiger partial charge in [0.25, 0.3) is 5.91 Å². The summed E-state index contributed by atoms with van der Waals surface area (Å²) in [5.74, 6) is 1.57. The smallest absolute Gasteiger partial charge is 0.265 e. The Hall–Kier alpha value is -2.70. The van der Waals surface area contributed by atoms with Crippen LogP contribution in [0.25, 0.3) is 0 Å². The molecule has 30 heavy (non-hydrogen) atoms. The van der Waals surface area contributed by atoms with Gasteiger partial charge in [0.2, 0.25) is 0 Å². The third-order valence-corrected chi connectivity index (χ3v) is 4.92. The first-order chi connectivity index (χ1) is 14.5. The van der Waals surface area contributed by atoms with E-state index in [-0.39, 0.29) is 5.91 Å². The van der Waals surface area contributed by atoms with Crippen molar-refractivity contribution in [1.29, 1.82) is 0 Å². The molecule has 0 radical (unpaired) electrons. The molecule has 156 valence electrons. The van der Waals surface area contributed by atoms with Crippen LogP contribution >= 0.6 is 27.5 Å². The van der Waals surface area contributed by atoms with Gasteiger partial charge in [0.1, 0.15) is 30.5 Å². The summed E-state index contributed by atoms with van der Waals surface area (Å²) in [4.78, 5) is 12.6. The standard InChI is InChI=1S/C23H21BrClNO4/c1-16(30-21-12-11-17(25)15-19(21)24)23(27)26-20-9-5-6-10-22(20)29-14-13-28-18-7-3-2-4-8-18/h2-12,15-16H,13-14H2,1H3,(H,26,27). The molecule has 0 saturated carbocycles. The average Bonchev–Trinajstić information content (AvgIpc) is 2.75. The number of nitrogens with one attached hydrogen (secondary N) is 1. The van der Waals surface area contributed by atoms with Crippen molar-refractivity contribution in [3.8, 4) is 17.2 Å². The number of hydrogen-bond acceptors (Lipinski definition) is 4. The fourth-order valence-electron chi connectivity index (χ4n) is 2.57. The van der Waals surface area contributed by atoms with Crippen LogP contribution in [0.1, 0.15) is 6.92 Å².